The Balaban J connectivity index is 0.00000420. The third-order valence-corrected chi connectivity index (χ3v) is 6.55. The first-order chi connectivity index (χ1) is 13.3. The summed E-state index contributed by atoms with van der Waals surface area (Å²) in [5, 5.41) is 6.47. The normalized spacial score (nSPS) is 16.2. The van der Waals surface area contributed by atoms with E-state index in [1.54, 1.807) is 14.2 Å². The Morgan fingerprint density at radius 3 is 2.41 bits per heavy atom. The van der Waals surface area contributed by atoms with Crippen LogP contribution in [0.2, 0.25) is 0 Å². The van der Waals surface area contributed by atoms with Crippen molar-refractivity contribution in [3.63, 3.8) is 0 Å². The minimum Gasteiger partial charge on any atom is -0.379 e. The van der Waals surface area contributed by atoms with Crippen LogP contribution in [-0.4, -0.2) is 71.3 Å². The number of rotatable bonds is 8. The van der Waals surface area contributed by atoms with E-state index >= 15 is 0 Å². The number of nitrogens with zero attached hydrogens (tertiary/aromatic N) is 2. The highest BCUT2D eigenvalue weighted by Gasteiger charge is 2.25. The lowest BCUT2D eigenvalue weighted by Crippen LogP contribution is -2.45. The number of sulfonamides is 1. The predicted molar refractivity (Wildman–Crippen MR) is 126 cm³/mol. The number of hydrogen-bond acceptors (Lipinski definition) is 5. The molecule has 0 amide bonds. The van der Waals surface area contributed by atoms with E-state index < -0.39 is 10.0 Å². The van der Waals surface area contributed by atoms with E-state index in [4.69, 9.17) is 9.47 Å². The number of nitrogens with one attached hydrogen (secondary N) is 2. The fraction of sp³-hybridized carbons (Fsp3) is 0.632. The lowest BCUT2D eigenvalue weighted by Gasteiger charge is -2.26. The number of morpholine rings is 1. The number of hydrogen-bond donors (Lipinski definition) is 2. The molecule has 0 spiro atoms. The van der Waals surface area contributed by atoms with Gasteiger partial charge >= 0.3 is 0 Å². The number of aliphatic imine (C=N–C) groups is 1. The molecule has 1 aliphatic heterocycles. The molecule has 10 heteroatoms. The van der Waals surface area contributed by atoms with Crippen molar-refractivity contribution in [2.24, 2.45) is 4.99 Å². The topological polar surface area (TPSA) is 92.3 Å². The summed E-state index contributed by atoms with van der Waals surface area (Å²) in [5.41, 5.74) is 1.39. The van der Waals surface area contributed by atoms with Gasteiger partial charge in [0.15, 0.2) is 5.96 Å². The minimum atomic E-state index is -3.37. The molecule has 1 heterocycles. The Morgan fingerprint density at radius 2 is 1.83 bits per heavy atom. The Labute approximate surface area is 191 Å². The van der Waals surface area contributed by atoms with Gasteiger partial charge in [0, 0.05) is 40.3 Å². The first-order valence-electron chi connectivity index (χ1n) is 9.39. The molecule has 0 bridgehead atoms. The van der Waals surface area contributed by atoms with Crippen molar-refractivity contribution in [2.75, 3.05) is 47.0 Å². The number of benzene rings is 1. The first-order valence-corrected chi connectivity index (χ1v) is 11.0. The zero-order valence-corrected chi connectivity index (χ0v) is 20.7. The molecule has 0 radical (unpaired) electrons. The third-order valence-electron chi connectivity index (χ3n) is 4.72. The molecule has 0 aliphatic carbocycles. The Bertz CT molecular complexity index is 765. The van der Waals surface area contributed by atoms with Gasteiger partial charge in [0.25, 0.3) is 0 Å². The van der Waals surface area contributed by atoms with Crippen LogP contribution in [0.3, 0.4) is 0 Å². The molecule has 1 saturated heterocycles. The van der Waals surface area contributed by atoms with Gasteiger partial charge in [0.1, 0.15) is 0 Å². The van der Waals surface area contributed by atoms with Crippen molar-refractivity contribution in [3.05, 3.63) is 35.4 Å². The summed E-state index contributed by atoms with van der Waals surface area (Å²) < 4.78 is 37.7. The fourth-order valence-corrected chi connectivity index (χ4v) is 4.31. The summed E-state index contributed by atoms with van der Waals surface area (Å²) in [4.78, 5) is 4.22. The zero-order chi connectivity index (χ0) is 20.6. The molecule has 1 aromatic rings. The van der Waals surface area contributed by atoms with Crippen molar-refractivity contribution in [3.8, 4) is 0 Å². The SMILES string of the molecule is CN=C(NCc1ccccc1CS(=O)(=O)N1CCOCC1)NCC(C)(C)OC.I. The number of guanidine groups is 1. The van der Waals surface area contributed by atoms with Crippen LogP contribution in [-0.2, 0) is 31.8 Å². The van der Waals surface area contributed by atoms with E-state index in [1.807, 2.05) is 38.1 Å². The monoisotopic (exact) mass is 540 g/mol. The maximum absolute atomic E-state index is 12.7. The van der Waals surface area contributed by atoms with Gasteiger partial charge in [-0.2, -0.15) is 4.31 Å². The van der Waals surface area contributed by atoms with Crippen LogP contribution < -0.4 is 10.6 Å². The van der Waals surface area contributed by atoms with Crippen molar-refractivity contribution in [2.45, 2.75) is 31.7 Å². The van der Waals surface area contributed by atoms with E-state index in [0.29, 0.717) is 45.4 Å². The van der Waals surface area contributed by atoms with Crippen LogP contribution in [0.5, 0.6) is 0 Å². The van der Waals surface area contributed by atoms with Crippen LogP contribution >= 0.6 is 24.0 Å². The minimum absolute atomic E-state index is 0. The van der Waals surface area contributed by atoms with Crippen molar-refractivity contribution < 1.29 is 17.9 Å². The van der Waals surface area contributed by atoms with Crippen molar-refractivity contribution >= 4 is 40.0 Å². The Hall–Kier alpha value is -0.950. The van der Waals surface area contributed by atoms with Gasteiger partial charge < -0.3 is 20.1 Å². The van der Waals surface area contributed by atoms with Crippen LogP contribution in [0.1, 0.15) is 25.0 Å². The molecule has 0 atom stereocenters. The Kier molecular flexibility index (Phi) is 10.8. The molecule has 1 aliphatic rings. The van der Waals surface area contributed by atoms with Gasteiger partial charge in [-0.1, -0.05) is 24.3 Å². The fourth-order valence-electron chi connectivity index (χ4n) is 2.75. The van der Waals surface area contributed by atoms with E-state index in [9.17, 15) is 8.42 Å². The summed E-state index contributed by atoms with van der Waals surface area (Å²) >= 11 is 0. The van der Waals surface area contributed by atoms with Crippen LogP contribution in [0.15, 0.2) is 29.3 Å². The quantitative estimate of drug-likeness (QED) is 0.296. The molecule has 166 valence electrons. The molecule has 1 fully saturated rings. The molecule has 2 rings (SSSR count). The van der Waals surface area contributed by atoms with Gasteiger partial charge in [-0.15, -0.1) is 24.0 Å². The molecule has 8 nitrogen and oxygen atoms in total. The predicted octanol–water partition coefficient (Wildman–Crippen LogP) is 1.56. The third kappa shape index (κ3) is 8.36. The lowest BCUT2D eigenvalue weighted by atomic mass is 10.1. The second-order valence-electron chi connectivity index (χ2n) is 7.28. The average molecular weight is 540 g/mol. The smallest absolute Gasteiger partial charge is 0.218 e. The zero-order valence-electron chi connectivity index (χ0n) is 17.6. The number of methoxy groups -OCH3 is 1. The summed E-state index contributed by atoms with van der Waals surface area (Å²) in [6.07, 6.45) is 0. The van der Waals surface area contributed by atoms with E-state index in [2.05, 4.69) is 15.6 Å². The molecule has 0 aromatic heterocycles. The molecular formula is C19H33IN4O4S. The van der Waals surface area contributed by atoms with Crippen LogP contribution in [0.25, 0.3) is 0 Å². The van der Waals surface area contributed by atoms with Gasteiger partial charge in [0.05, 0.1) is 24.6 Å². The molecule has 2 N–H and O–H groups in total. The molecule has 0 saturated carbocycles. The van der Waals surface area contributed by atoms with Gasteiger partial charge in [-0.3, -0.25) is 4.99 Å². The molecule has 1 aromatic carbocycles. The lowest BCUT2D eigenvalue weighted by molar-refractivity contribution is 0.0268. The Morgan fingerprint density at radius 1 is 1.21 bits per heavy atom. The highest BCUT2D eigenvalue weighted by molar-refractivity contribution is 14.0. The summed E-state index contributed by atoms with van der Waals surface area (Å²) in [6, 6.07) is 7.57. The van der Waals surface area contributed by atoms with Crippen LogP contribution in [0.4, 0.5) is 0 Å². The van der Waals surface area contributed by atoms with Crippen molar-refractivity contribution in [1.82, 2.24) is 14.9 Å². The van der Waals surface area contributed by atoms with E-state index in [0.717, 1.165) is 11.1 Å². The largest absolute Gasteiger partial charge is 0.379 e. The molecular weight excluding hydrogens is 507 g/mol. The van der Waals surface area contributed by atoms with Gasteiger partial charge in [-0.05, 0) is 25.0 Å². The first kappa shape index (κ1) is 26.1. The number of halogens is 1. The maximum atomic E-state index is 12.7. The summed E-state index contributed by atoms with van der Waals surface area (Å²) in [6.45, 7) is 6.75. The second kappa shape index (κ2) is 12.0. The van der Waals surface area contributed by atoms with Gasteiger partial charge in [-0.25, -0.2) is 8.42 Å². The van der Waals surface area contributed by atoms with Crippen LogP contribution in [0, 0.1) is 0 Å². The molecule has 29 heavy (non-hydrogen) atoms. The molecule has 0 unspecified atom stereocenters. The summed E-state index contributed by atoms with van der Waals surface area (Å²) in [7, 11) is -0.00482. The van der Waals surface area contributed by atoms with E-state index in [-0.39, 0.29) is 35.3 Å². The maximum Gasteiger partial charge on any atom is 0.218 e. The van der Waals surface area contributed by atoms with Gasteiger partial charge in [0.2, 0.25) is 10.0 Å². The number of ether oxygens (including phenoxy) is 2. The second-order valence-corrected chi connectivity index (χ2v) is 9.25. The van der Waals surface area contributed by atoms with E-state index in [1.165, 1.54) is 4.31 Å². The highest BCUT2D eigenvalue weighted by atomic mass is 127. The summed E-state index contributed by atoms with van der Waals surface area (Å²) in [5.74, 6) is 0.615. The standard InChI is InChI=1S/C19H32N4O4S.HI/c1-19(2,26-4)15-22-18(20-3)21-13-16-7-5-6-8-17(16)14-28(24,25)23-9-11-27-12-10-23;/h5-8H,9-15H2,1-4H3,(H2,20,21,22);1H. The average Bonchev–Trinajstić information content (AvgIpc) is 2.69. The van der Waals surface area contributed by atoms with Crippen molar-refractivity contribution in [1.29, 1.82) is 0 Å². The highest BCUT2D eigenvalue weighted by Crippen LogP contribution is 2.16.